The van der Waals surface area contributed by atoms with Crippen LogP contribution in [-0.2, 0) is 22.7 Å². The Balaban J connectivity index is 1.83. The number of nitrogens with zero attached hydrogens (tertiary/aromatic N) is 1. The van der Waals surface area contributed by atoms with E-state index in [1.165, 1.54) is 5.06 Å². The molecule has 0 saturated heterocycles. The SMILES string of the molecule is CN(OCc1ccccc1)C(=O)Cc1ccccc1. The Morgan fingerprint density at radius 1 is 0.947 bits per heavy atom. The number of amides is 1. The van der Waals surface area contributed by atoms with Crippen LogP contribution in [0.2, 0.25) is 0 Å². The molecule has 0 fully saturated rings. The van der Waals surface area contributed by atoms with E-state index >= 15 is 0 Å². The topological polar surface area (TPSA) is 29.5 Å². The molecule has 0 saturated carbocycles. The maximum Gasteiger partial charge on any atom is 0.250 e. The third kappa shape index (κ3) is 4.23. The van der Waals surface area contributed by atoms with Gasteiger partial charge in [0.05, 0.1) is 6.42 Å². The summed E-state index contributed by atoms with van der Waals surface area (Å²) in [5.41, 5.74) is 2.03. The fraction of sp³-hybridized carbons (Fsp3) is 0.188. The first-order chi connectivity index (χ1) is 9.25. The fourth-order valence-corrected chi connectivity index (χ4v) is 1.70. The van der Waals surface area contributed by atoms with Crippen molar-refractivity contribution in [2.75, 3.05) is 7.05 Å². The minimum Gasteiger partial charge on any atom is -0.272 e. The van der Waals surface area contributed by atoms with Crippen molar-refractivity contribution in [1.29, 1.82) is 0 Å². The van der Waals surface area contributed by atoms with Crippen LogP contribution in [0.3, 0.4) is 0 Å². The van der Waals surface area contributed by atoms with Gasteiger partial charge in [0.1, 0.15) is 6.61 Å². The molecule has 19 heavy (non-hydrogen) atoms. The molecule has 0 aliphatic rings. The molecule has 0 aliphatic carbocycles. The lowest BCUT2D eigenvalue weighted by atomic mass is 10.1. The molecule has 0 spiro atoms. The summed E-state index contributed by atoms with van der Waals surface area (Å²) < 4.78 is 0. The summed E-state index contributed by atoms with van der Waals surface area (Å²) in [6, 6.07) is 19.4. The van der Waals surface area contributed by atoms with Gasteiger partial charge in [0.25, 0.3) is 0 Å². The molecular formula is C16H17NO2. The van der Waals surface area contributed by atoms with Crippen molar-refractivity contribution in [2.24, 2.45) is 0 Å². The van der Waals surface area contributed by atoms with E-state index in [2.05, 4.69) is 0 Å². The Kier molecular flexibility index (Phi) is 4.70. The number of hydrogen-bond acceptors (Lipinski definition) is 2. The quantitative estimate of drug-likeness (QED) is 0.769. The van der Waals surface area contributed by atoms with E-state index in [-0.39, 0.29) is 5.91 Å². The Morgan fingerprint density at radius 2 is 1.47 bits per heavy atom. The molecule has 0 bridgehead atoms. The van der Waals surface area contributed by atoms with E-state index in [1.807, 2.05) is 60.7 Å². The van der Waals surface area contributed by atoms with Crippen LogP contribution in [0.5, 0.6) is 0 Å². The highest BCUT2D eigenvalue weighted by Gasteiger charge is 2.10. The van der Waals surface area contributed by atoms with E-state index in [1.54, 1.807) is 7.05 Å². The highest BCUT2D eigenvalue weighted by Crippen LogP contribution is 2.05. The van der Waals surface area contributed by atoms with Crippen molar-refractivity contribution in [3.8, 4) is 0 Å². The zero-order valence-corrected chi connectivity index (χ0v) is 11.0. The Bertz CT molecular complexity index is 511. The van der Waals surface area contributed by atoms with Gasteiger partial charge >= 0.3 is 0 Å². The lowest BCUT2D eigenvalue weighted by molar-refractivity contribution is -0.181. The second kappa shape index (κ2) is 6.71. The number of carbonyl (C=O) groups excluding carboxylic acids is 1. The van der Waals surface area contributed by atoms with E-state index < -0.39 is 0 Å². The summed E-state index contributed by atoms with van der Waals surface area (Å²) in [6.45, 7) is 0.401. The van der Waals surface area contributed by atoms with Gasteiger partial charge in [-0.2, -0.15) is 0 Å². The molecule has 3 nitrogen and oxygen atoms in total. The predicted octanol–water partition coefficient (Wildman–Crippen LogP) is 2.82. The first-order valence-corrected chi connectivity index (χ1v) is 6.23. The second-order valence-electron chi connectivity index (χ2n) is 4.31. The predicted molar refractivity (Wildman–Crippen MR) is 74.1 cm³/mol. The average Bonchev–Trinajstić information content (AvgIpc) is 2.47. The number of likely N-dealkylation sites (N-methyl/N-ethyl adjacent to an activating group) is 1. The summed E-state index contributed by atoms with van der Waals surface area (Å²) in [7, 11) is 1.65. The number of rotatable bonds is 5. The van der Waals surface area contributed by atoms with Gasteiger partial charge in [-0.1, -0.05) is 60.7 Å². The van der Waals surface area contributed by atoms with Crippen molar-refractivity contribution >= 4 is 5.91 Å². The van der Waals surface area contributed by atoms with Gasteiger partial charge in [-0.25, -0.2) is 5.06 Å². The van der Waals surface area contributed by atoms with Crippen molar-refractivity contribution in [3.63, 3.8) is 0 Å². The molecule has 0 aromatic heterocycles. The molecule has 2 aromatic rings. The third-order valence-electron chi connectivity index (χ3n) is 2.82. The first kappa shape index (κ1) is 13.3. The molecule has 2 aromatic carbocycles. The molecule has 0 heterocycles. The van der Waals surface area contributed by atoms with Gasteiger partial charge < -0.3 is 0 Å². The number of carbonyl (C=O) groups is 1. The lowest BCUT2D eigenvalue weighted by Gasteiger charge is -2.16. The maximum absolute atomic E-state index is 11.9. The van der Waals surface area contributed by atoms with Gasteiger partial charge in [-0.15, -0.1) is 0 Å². The summed E-state index contributed by atoms with van der Waals surface area (Å²) >= 11 is 0. The van der Waals surface area contributed by atoms with Gasteiger partial charge in [0.15, 0.2) is 0 Å². The van der Waals surface area contributed by atoms with Gasteiger partial charge in [-0.3, -0.25) is 9.63 Å². The van der Waals surface area contributed by atoms with Crippen LogP contribution in [0.4, 0.5) is 0 Å². The standard InChI is InChI=1S/C16H17NO2/c1-17(19-13-15-10-6-3-7-11-15)16(18)12-14-8-4-2-5-9-14/h2-11H,12-13H2,1H3. The summed E-state index contributed by atoms with van der Waals surface area (Å²) in [6.07, 6.45) is 0.353. The molecule has 0 radical (unpaired) electrons. The second-order valence-corrected chi connectivity index (χ2v) is 4.31. The van der Waals surface area contributed by atoms with Crippen LogP contribution in [0, 0.1) is 0 Å². The normalized spacial score (nSPS) is 10.2. The number of hydroxylamine groups is 2. The van der Waals surface area contributed by atoms with Crippen molar-refractivity contribution in [1.82, 2.24) is 5.06 Å². The molecule has 0 atom stereocenters. The summed E-state index contributed by atoms with van der Waals surface area (Å²) in [4.78, 5) is 17.4. The van der Waals surface area contributed by atoms with Gasteiger partial charge in [0, 0.05) is 7.05 Å². The third-order valence-corrected chi connectivity index (χ3v) is 2.82. The van der Waals surface area contributed by atoms with E-state index in [0.29, 0.717) is 13.0 Å². The molecule has 1 amide bonds. The molecule has 2 rings (SSSR count). The van der Waals surface area contributed by atoms with Crippen LogP contribution >= 0.6 is 0 Å². The molecule has 98 valence electrons. The molecule has 0 aliphatic heterocycles. The Morgan fingerprint density at radius 3 is 2.05 bits per heavy atom. The largest absolute Gasteiger partial charge is 0.272 e. The van der Waals surface area contributed by atoms with Crippen LogP contribution < -0.4 is 0 Å². The average molecular weight is 255 g/mol. The Labute approximate surface area is 113 Å². The minimum atomic E-state index is -0.0536. The number of hydrogen-bond donors (Lipinski definition) is 0. The zero-order chi connectivity index (χ0) is 13.5. The van der Waals surface area contributed by atoms with Crippen LogP contribution in [-0.4, -0.2) is 18.0 Å². The first-order valence-electron chi connectivity index (χ1n) is 6.23. The van der Waals surface area contributed by atoms with Crippen molar-refractivity contribution in [2.45, 2.75) is 13.0 Å². The van der Waals surface area contributed by atoms with E-state index in [0.717, 1.165) is 11.1 Å². The molecule has 0 unspecified atom stereocenters. The maximum atomic E-state index is 11.9. The molecular weight excluding hydrogens is 238 g/mol. The minimum absolute atomic E-state index is 0.0536. The van der Waals surface area contributed by atoms with Crippen molar-refractivity contribution in [3.05, 3.63) is 71.8 Å². The smallest absolute Gasteiger partial charge is 0.250 e. The van der Waals surface area contributed by atoms with E-state index in [9.17, 15) is 4.79 Å². The fourth-order valence-electron chi connectivity index (χ4n) is 1.70. The van der Waals surface area contributed by atoms with Crippen LogP contribution in [0.15, 0.2) is 60.7 Å². The number of benzene rings is 2. The lowest BCUT2D eigenvalue weighted by Crippen LogP contribution is -2.28. The molecule has 3 heteroatoms. The molecule has 0 N–H and O–H groups in total. The summed E-state index contributed by atoms with van der Waals surface area (Å²) in [5.74, 6) is -0.0536. The monoisotopic (exact) mass is 255 g/mol. The Hall–Kier alpha value is -2.13. The highest BCUT2D eigenvalue weighted by molar-refractivity contribution is 5.77. The van der Waals surface area contributed by atoms with Crippen LogP contribution in [0.1, 0.15) is 11.1 Å². The van der Waals surface area contributed by atoms with Crippen molar-refractivity contribution < 1.29 is 9.63 Å². The van der Waals surface area contributed by atoms with Gasteiger partial charge in [0.2, 0.25) is 5.91 Å². The zero-order valence-electron chi connectivity index (χ0n) is 11.0. The van der Waals surface area contributed by atoms with Crippen LogP contribution in [0.25, 0.3) is 0 Å². The van der Waals surface area contributed by atoms with Gasteiger partial charge in [-0.05, 0) is 11.1 Å². The highest BCUT2D eigenvalue weighted by atomic mass is 16.7. The summed E-state index contributed by atoms with van der Waals surface area (Å²) in [5, 5.41) is 1.31. The van der Waals surface area contributed by atoms with E-state index in [4.69, 9.17) is 4.84 Å².